The fraction of sp³-hybridized carbons (Fsp3) is 0. The van der Waals surface area contributed by atoms with Gasteiger partial charge < -0.3 is 5.73 Å². The lowest BCUT2D eigenvalue weighted by atomic mass is 10.1. The molecule has 0 aliphatic heterocycles. The molecular formula is C11H9N5. The Balaban J connectivity index is 2.26. The molecule has 3 aromatic rings. The number of H-pyrrole nitrogens is 1. The lowest BCUT2D eigenvalue weighted by Gasteiger charge is -1.97. The summed E-state index contributed by atoms with van der Waals surface area (Å²) in [6.45, 7) is 0. The number of hydrogen-bond donors (Lipinski definition) is 2. The van der Waals surface area contributed by atoms with E-state index in [1.807, 2.05) is 30.3 Å². The predicted molar refractivity (Wildman–Crippen MR) is 61.5 cm³/mol. The van der Waals surface area contributed by atoms with Crippen LogP contribution in [0.4, 0.5) is 5.95 Å². The van der Waals surface area contributed by atoms with Crippen molar-refractivity contribution in [2.24, 2.45) is 0 Å². The smallest absolute Gasteiger partial charge is 0.222 e. The van der Waals surface area contributed by atoms with Crippen LogP contribution in [-0.2, 0) is 0 Å². The summed E-state index contributed by atoms with van der Waals surface area (Å²) >= 11 is 0. The van der Waals surface area contributed by atoms with Gasteiger partial charge in [0, 0.05) is 11.8 Å². The molecule has 78 valence electrons. The molecule has 16 heavy (non-hydrogen) atoms. The van der Waals surface area contributed by atoms with Crippen LogP contribution in [0.3, 0.4) is 0 Å². The van der Waals surface area contributed by atoms with Gasteiger partial charge in [-0.25, -0.2) is 4.98 Å². The van der Waals surface area contributed by atoms with Gasteiger partial charge in [-0.05, 0) is 0 Å². The van der Waals surface area contributed by atoms with Crippen LogP contribution in [0.15, 0.2) is 36.5 Å². The minimum absolute atomic E-state index is 0.235. The summed E-state index contributed by atoms with van der Waals surface area (Å²) in [6.07, 6.45) is 1.68. The molecular weight excluding hydrogens is 202 g/mol. The van der Waals surface area contributed by atoms with Gasteiger partial charge in [0.05, 0.1) is 11.1 Å². The molecule has 3 rings (SSSR count). The van der Waals surface area contributed by atoms with Crippen molar-refractivity contribution in [2.45, 2.75) is 0 Å². The maximum Gasteiger partial charge on any atom is 0.222 e. The molecule has 0 saturated carbocycles. The average molecular weight is 211 g/mol. The Labute approximate surface area is 91.3 Å². The zero-order chi connectivity index (χ0) is 11.0. The van der Waals surface area contributed by atoms with Crippen molar-refractivity contribution >= 4 is 17.0 Å². The number of nitrogens with one attached hydrogen (secondary N) is 1. The number of aromatic amines is 1. The largest absolute Gasteiger partial charge is 0.368 e. The number of rotatable bonds is 1. The Morgan fingerprint density at radius 3 is 2.75 bits per heavy atom. The minimum Gasteiger partial charge on any atom is -0.368 e. The van der Waals surface area contributed by atoms with E-state index in [9.17, 15) is 0 Å². The van der Waals surface area contributed by atoms with E-state index in [2.05, 4.69) is 20.2 Å². The van der Waals surface area contributed by atoms with Crippen molar-refractivity contribution in [3.8, 4) is 11.3 Å². The Kier molecular flexibility index (Phi) is 1.83. The normalized spacial score (nSPS) is 10.8. The zero-order valence-corrected chi connectivity index (χ0v) is 8.38. The maximum absolute atomic E-state index is 5.50. The van der Waals surface area contributed by atoms with Gasteiger partial charge in [0.2, 0.25) is 5.95 Å². The fourth-order valence-corrected chi connectivity index (χ4v) is 1.64. The Morgan fingerprint density at radius 1 is 1.12 bits per heavy atom. The molecule has 0 aliphatic rings. The summed E-state index contributed by atoms with van der Waals surface area (Å²) in [5, 5.41) is 7.92. The lowest BCUT2D eigenvalue weighted by Crippen LogP contribution is -1.93. The number of benzene rings is 1. The third kappa shape index (κ3) is 1.30. The standard InChI is InChI=1S/C11H9N5/c12-11-13-6-8-9(15-16-10(8)14-11)7-4-2-1-3-5-7/h1-6H,(H3,12,13,14,15,16). The lowest BCUT2D eigenvalue weighted by molar-refractivity contribution is 1.10. The number of anilines is 1. The number of nitrogen functional groups attached to an aromatic ring is 1. The second-order valence-corrected chi connectivity index (χ2v) is 3.43. The molecule has 0 aliphatic carbocycles. The molecule has 3 N–H and O–H groups in total. The number of aromatic nitrogens is 4. The molecule has 1 aromatic carbocycles. The van der Waals surface area contributed by atoms with Crippen LogP contribution in [-0.4, -0.2) is 20.2 Å². The van der Waals surface area contributed by atoms with Crippen LogP contribution >= 0.6 is 0 Å². The first-order valence-corrected chi connectivity index (χ1v) is 4.86. The van der Waals surface area contributed by atoms with Crippen molar-refractivity contribution in [3.63, 3.8) is 0 Å². The molecule has 5 heteroatoms. The summed E-state index contributed by atoms with van der Waals surface area (Å²) in [4.78, 5) is 8.02. The highest BCUT2D eigenvalue weighted by Gasteiger charge is 2.08. The zero-order valence-electron chi connectivity index (χ0n) is 8.38. The Morgan fingerprint density at radius 2 is 1.94 bits per heavy atom. The first kappa shape index (κ1) is 8.84. The van der Waals surface area contributed by atoms with Crippen molar-refractivity contribution in [1.29, 1.82) is 0 Å². The van der Waals surface area contributed by atoms with E-state index in [0.717, 1.165) is 16.6 Å². The van der Waals surface area contributed by atoms with Crippen molar-refractivity contribution in [1.82, 2.24) is 20.2 Å². The van der Waals surface area contributed by atoms with E-state index >= 15 is 0 Å². The van der Waals surface area contributed by atoms with E-state index in [1.54, 1.807) is 6.20 Å². The second kappa shape index (κ2) is 3.30. The van der Waals surface area contributed by atoms with E-state index in [-0.39, 0.29) is 5.95 Å². The number of fused-ring (bicyclic) bond motifs is 1. The molecule has 2 aromatic heterocycles. The van der Waals surface area contributed by atoms with Gasteiger partial charge >= 0.3 is 0 Å². The third-order valence-corrected chi connectivity index (χ3v) is 2.39. The van der Waals surface area contributed by atoms with E-state index in [1.165, 1.54) is 0 Å². The van der Waals surface area contributed by atoms with Crippen LogP contribution in [0.5, 0.6) is 0 Å². The SMILES string of the molecule is Nc1ncc2c(-c3ccccc3)[nH]nc2n1. The van der Waals surface area contributed by atoms with Gasteiger partial charge in [-0.15, -0.1) is 0 Å². The summed E-state index contributed by atoms with van der Waals surface area (Å²) in [5.74, 6) is 0.235. The first-order chi connectivity index (χ1) is 7.84. The van der Waals surface area contributed by atoms with Crippen LogP contribution in [0.25, 0.3) is 22.3 Å². The summed E-state index contributed by atoms with van der Waals surface area (Å²) < 4.78 is 0. The molecule has 0 fully saturated rings. The Hall–Kier alpha value is -2.43. The highest BCUT2D eigenvalue weighted by molar-refractivity contribution is 5.90. The summed E-state index contributed by atoms with van der Waals surface area (Å²) in [5.41, 5.74) is 8.05. The predicted octanol–water partition coefficient (Wildman–Crippen LogP) is 1.60. The van der Waals surface area contributed by atoms with Crippen LogP contribution in [0, 0.1) is 0 Å². The highest BCUT2D eigenvalue weighted by atomic mass is 15.2. The van der Waals surface area contributed by atoms with Crippen molar-refractivity contribution in [2.75, 3.05) is 5.73 Å². The molecule has 0 radical (unpaired) electrons. The third-order valence-electron chi connectivity index (χ3n) is 2.39. The molecule has 0 unspecified atom stereocenters. The van der Waals surface area contributed by atoms with Gasteiger partial charge in [-0.3, -0.25) is 5.10 Å². The van der Waals surface area contributed by atoms with Gasteiger partial charge in [-0.2, -0.15) is 10.1 Å². The van der Waals surface area contributed by atoms with Gasteiger partial charge in [0.1, 0.15) is 0 Å². The number of nitrogens with two attached hydrogens (primary N) is 1. The molecule has 0 bridgehead atoms. The van der Waals surface area contributed by atoms with Crippen LogP contribution < -0.4 is 5.73 Å². The molecule has 0 atom stereocenters. The van der Waals surface area contributed by atoms with Crippen LogP contribution in [0.1, 0.15) is 0 Å². The number of nitrogens with zero attached hydrogens (tertiary/aromatic N) is 3. The van der Waals surface area contributed by atoms with Crippen LogP contribution in [0.2, 0.25) is 0 Å². The number of hydrogen-bond acceptors (Lipinski definition) is 4. The molecule has 5 nitrogen and oxygen atoms in total. The topological polar surface area (TPSA) is 80.5 Å². The van der Waals surface area contributed by atoms with Crippen molar-refractivity contribution in [3.05, 3.63) is 36.5 Å². The summed E-state index contributed by atoms with van der Waals surface area (Å²) in [6, 6.07) is 9.92. The quantitative estimate of drug-likeness (QED) is 0.640. The van der Waals surface area contributed by atoms with E-state index in [0.29, 0.717) is 5.65 Å². The molecule has 0 saturated heterocycles. The average Bonchev–Trinajstić information content (AvgIpc) is 2.73. The second-order valence-electron chi connectivity index (χ2n) is 3.43. The van der Waals surface area contributed by atoms with Crippen molar-refractivity contribution < 1.29 is 0 Å². The van der Waals surface area contributed by atoms with E-state index in [4.69, 9.17) is 5.73 Å². The molecule has 2 heterocycles. The first-order valence-electron chi connectivity index (χ1n) is 4.86. The van der Waals surface area contributed by atoms with E-state index < -0.39 is 0 Å². The minimum atomic E-state index is 0.235. The highest BCUT2D eigenvalue weighted by Crippen LogP contribution is 2.24. The molecule has 0 spiro atoms. The summed E-state index contributed by atoms with van der Waals surface area (Å²) in [7, 11) is 0. The van der Waals surface area contributed by atoms with Gasteiger partial charge in [0.25, 0.3) is 0 Å². The monoisotopic (exact) mass is 211 g/mol. The molecule has 0 amide bonds. The maximum atomic E-state index is 5.50. The van der Waals surface area contributed by atoms with Gasteiger partial charge in [0.15, 0.2) is 5.65 Å². The fourth-order valence-electron chi connectivity index (χ4n) is 1.64. The van der Waals surface area contributed by atoms with Gasteiger partial charge in [-0.1, -0.05) is 30.3 Å². The Bertz CT molecular complexity index is 629.